The third-order valence-electron chi connectivity index (χ3n) is 2.39. The number of halogens is 1. The number of rotatable bonds is 3. The van der Waals surface area contributed by atoms with Gasteiger partial charge in [0.15, 0.2) is 0 Å². The second-order valence-corrected chi connectivity index (χ2v) is 4.05. The molecular weight excluding hydrogens is 238 g/mol. The summed E-state index contributed by atoms with van der Waals surface area (Å²) < 4.78 is 5.63. The Bertz CT molecular complexity index is 529. The fraction of sp³-hybridized carbons (Fsp3) is 0.154. The van der Waals surface area contributed by atoms with Gasteiger partial charge in [0.1, 0.15) is 5.75 Å². The molecule has 0 amide bonds. The van der Waals surface area contributed by atoms with E-state index in [2.05, 4.69) is 4.98 Å². The fourth-order valence-corrected chi connectivity index (χ4v) is 1.58. The summed E-state index contributed by atoms with van der Waals surface area (Å²) in [7, 11) is 0. The first-order chi connectivity index (χ1) is 8.20. The lowest BCUT2D eigenvalue weighted by Crippen LogP contribution is -1.93. The summed E-state index contributed by atoms with van der Waals surface area (Å²) in [5, 5.41) is 9.53. The molecule has 1 aromatic heterocycles. The number of pyridine rings is 1. The van der Waals surface area contributed by atoms with E-state index in [1.54, 1.807) is 6.07 Å². The Hall–Kier alpha value is -1.58. The number of nitrogens with zero attached hydrogens (tertiary/aromatic N) is 1. The van der Waals surface area contributed by atoms with Crippen LogP contribution in [0.5, 0.6) is 11.6 Å². The maximum atomic E-state index is 9.10. The molecule has 0 spiro atoms. The first kappa shape index (κ1) is 11.9. The van der Waals surface area contributed by atoms with E-state index < -0.39 is 0 Å². The Labute approximate surface area is 105 Å². The van der Waals surface area contributed by atoms with E-state index in [1.165, 1.54) is 6.20 Å². The monoisotopic (exact) mass is 249 g/mol. The third kappa shape index (κ3) is 2.75. The van der Waals surface area contributed by atoms with Gasteiger partial charge in [-0.2, -0.15) is 0 Å². The van der Waals surface area contributed by atoms with Crippen molar-refractivity contribution in [1.82, 2.24) is 4.98 Å². The quantitative estimate of drug-likeness (QED) is 0.907. The number of para-hydroxylation sites is 1. The number of ether oxygens (including phenoxy) is 1. The summed E-state index contributed by atoms with van der Waals surface area (Å²) in [6.45, 7) is 1.82. The van der Waals surface area contributed by atoms with E-state index in [9.17, 15) is 0 Å². The maximum absolute atomic E-state index is 9.10. The van der Waals surface area contributed by atoms with Crippen molar-refractivity contribution in [2.75, 3.05) is 0 Å². The van der Waals surface area contributed by atoms with Gasteiger partial charge in [-0.25, -0.2) is 4.98 Å². The smallest absolute Gasteiger partial charge is 0.219 e. The van der Waals surface area contributed by atoms with E-state index in [0.717, 1.165) is 11.3 Å². The van der Waals surface area contributed by atoms with Crippen LogP contribution in [0.15, 0.2) is 36.5 Å². The van der Waals surface area contributed by atoms with Crippen molar-refractivity contribution in [3.8, 4) is 11.6 Å². The average Bonchev–Trinajstić information content (AvgIpc) is 2.34. The molecule has 0 fully saturated rings. The Morgan fingerprint density at radius 2 is 2.12 bits per heavy atom. The summed E-state index contributed by atoms with van der Waals surface area (Å²) in [4.78, 5) is 4.06. The van der Waals surface area contributed by atoms with E-state index in [1.807, 2.05) is 31.2 Å². The number of hydrogen-bond acceptors (Lipinski definition) is 3. The highest BCUT2D eigenvalue weighted by molar-refractivity contribution is 6.31. The lowest BCUT2D eigenvalue weighted by atomic mass is 10.2. The number of aliphatic hydroxyl groups excluding tert-OH is 1. The maximum Gasteiger partial charge on any atom is 0.219 e. The summed E-state index contributed by atoms with van der Waals surface area (Å²) in [5.41, 5.74) is 1.63. The molecule has 0 atom stereocenters. The van der Waals surface area contributed by atoms with E-state index >= 15 is 0 Å². The van der Waals surface area contributed by atoms with Crippen molar-refractivity contribution < 1.29 is 9.84 Å². The van der Waals surface area contributed by atoms with Crippen LogP contribution >= 0.6 is 11.6 Å². The van der Waals surface area contributed by atoms with E-state index in [0.29, 0.717) is 16.5 Å². The van der Waals surface area contributed by atoms with Gasteiger partial charge in [0.05, 0.1) is 11.6 Å². The number of aliphatic hydroxyl groups is 1. The minimum Gasteiger partial charge on any atom is -0.439 e. The van der Waals surface area contributed by atoms with Crippen LogP contribution in [-0.4, -0.2) is 10.1 Å². The number of hydrogen-bond donors (Lipinski definition) is 1. The van der Waals surface area contributed by atoms with Crippen molar-refractivity contribution >= 4 is 11.6 Å². The molecule has 0 aliphatic heterocycles. The molecule has 1 heterocycles. The van der Waals surface area contributed by atoms with Crippen LogP contribution in [-0.2, 0) is 6.61 Å². The zero-order valence-electron chi connectivity index (χ0n) is 9.35. The highest BCUT2D eigenvalue weighted by Crippen LogP contribution is 2.25. The van der Waals surface area contributed by atoms with Gasteiger partial charge < -0.3 is 9.84 Å². The summed E-state index contributed by atoms with van der Waals surface area (Å²) in [6.07, 6.45) is 1.47. The number of benzene rings is 1. The topological polar surface area (TPSA) is 42.4 Å². The molecule has 0 radical (unpaired) electrons. The van der Waals surface area contributed by atoms with E-state index in [-0.39, 0.29) is 6.61 Å². The molecule has 0 aliphatic carbocycles. The first-order valence-electron chi connectivity index (χ1n) is 5.19. The molecule has 0 saturated carbocycles. The molecular formula is C13H12ClNO2. The van der Waals surface area contributed by atoms with Gasteiger partial charge in [-0.05, 0) is 18.6 Å². The largest absolute Gasteiger partial charge is 0.439 e. The minimum absolute atomic E-state index is 0.133. The van der Waals surface area contributed by atoms with Gasteiger partial charge in [0.25, 0.3) is 0 Å². The second-order valence-electron chi connectivity index (χ2n) is 3.64. The van der Waals surface area contributed by atoms with Gasteiger partial charge in [0, 0.05) is 17.8 Å². The van der Waals surface area contributed by atoms with Crippen molar-refractivity contribution in [2.24, 2.45) is 0 Å². The summed E-state index contributed by atoms with van der Waals surface area (Å²) in [6, 6.07) is 9.29. The Morgan fingerprint density at radius 3 is 2.82 bits per heavy atom. The van der Waals surface area contributed by atoms with Gasteiger partial charge >= 0.3 is 0 Å². The number of aryl methyl sites for hydroxylation is 1. The Balaban J connectivity index is 2.28. The van der Waals surface area contributed by atoms with Crippen molar-refractivity contribution in [2.45, 2.75) is 13.5 Å². The predicted octanol–water partition coefficient (Wildman–Crippen LogP) is 3.33. The van der Waals surface area contributed by atoms with Crippen LogP contribution in [0, 0.1) is 6.92 Å². The SMILES string of the molecule is Cc1ccccc1Oc1cc(CO)c(Cl)cn1. The van der Waals surface area contributed by atoms with Crippen molar-refractivity contribution in [3.05, 3.63) is 52.7 Å². The summed E-state index contributed by atoms with van der Waals surface area (Å²) in [5.74, 6) is 1.17. The molecule has 88 valence electrons. The average molecular weight is 250 g/mol. The van der Waals surface area contributed by atoms with Gasteiger partial charge in [-0.1, -0.05) is 29.8 Å². The van der Waals surface area contributed by atoms with Gasteiger partial charge in [-0.15, -0.1) is 0 Å². The Morgan fingerprint density at radius 1 is 1.35 bits per heavy atom. The van der Waals surface area contributed by atoms with Gasteiger partial charge in [0.2, 0.25) is 5.88 Å². The third-order valence-corrected chi connectivity index (χ3v) is 2.73. The lowest BCUT2D eigenvalue weighted by molar-refractivity contribution is 0.281. The molecule has 3 nitrogen and oxygen atoms in total. The zero-order valence-corrected chi connectivity index (χ0v) is 10.1. The molecule has 17 heavy (non-hydrogen) atoms. The molecule has 2 aromatic rings. The van der Waals surface area contributed by atoms with Crippen molar-refractivity contribution in [3.63, 3.8) is 0 Å². The van der Waals surface area contributed by atoms with Crippen molar-refractivity contribution in [1.29, 1.82) is 0 Å². The molecule has 0 aliphatic rings. The Kier molecular flexibility index (Phi) is 3.61. The summed E-state index contributed by atoms with van der Waals surface area (Å²) >= 11 is 5.85. The van der Waals surface area contributed by atoms with Crippen LogP contribution in [0.25, 0.3) is 0 Å². The minimum atomic E-state index is -0.133. The zero-order chi connectivity index (χ0) is 12.3. The highest BCUT2D eigenvalue weighted by Gasteiger charge is 2.05. The molecule has 0 saturated heterocycles. The highest BCUT2D eigenvalue weighted by atomic mass is 35.5. The van der Waals surface area contributed by atoms with Crippen LogP contribution in [0.2, 0.25) is 5.02 Å². The molecule has 1 N–H and O–H groups in total. The van der Waals surface area contributed by atoms with Gasteiger partial charge in [-0.3, -0.25) is 0 Å². The normalized spacial score (nSPS) is 10.3. The fourth-order valence-electron chi connectivity index (χ4n) is 1.42. The lowest BCUT2D eigenvalue weighted by Gasteiger charge is -2.08. The molecule has 0 unspecified atom stereocenters. The van der Waals surface area contributed by atoms with Crippen LogP contribution < -0.4 is 4.74 Å². The van der Waals surface area contributed by atoms with E-state index in [4.69, 9.17) is 21.4 Å². The standard InChI is InChI=1S/C13H12ClNO2/c1-9-4-2-3-5-12(9)17-13-6-10(8-16)11(14)7-15-13/h2-7,16H,8H2,1H3. The molecule has 0 bridgehead atoms. The predicted molar refractivity (Wildman–Crippen MR) is 66.4 cm³/mol. The van der Waals surface area contributed by atoms with Crippen LogP contribution in [0.3, 0.4) is 0 Å². The molecule has 4 heteroatoms. The first-order valence-corrected chi connectivity index (χ1v) is 5.57. The molecule has 2 rings (SSSR count). The molecule has 1 aromatic carbocycles. The van der Waals surface area contributed by atoms with Crippen LogP contribution in [0.1, 0.15) is 11.1 Å². The number of aromatic nitrogens is 1. The second kappa shape index (κ2) is 5.17. The van der Waals surface area contributed by atoms with Crippen LogP contribution in [0.4, 0.5) is 0 Å².